The number of aliphatic carboxylic acids is 1. The molecular formula is C26H33NO7. The summed E-state index contributed by atoms with van der Waals surface area (Å²) in [5.74, 6) is -0.0572. The Labute approximate surface area is 200 Å². The van der Waals surface area contributed by atoms with Crippen LogP contribution in [0.4, 0.5) is 4.79 Å². The highest BCUT2D eigenvalue weighted by atomic mass is 16.6. The zero-order valence-electron chi connectivity index (χ0n) is 20.1. The first-order valence-electron chi connectivity index (χ1n) is 11.2. The first-order chi connectivity index (χ1) is 16.1. The maximum atomic E-state index is 12.0. The molecule has 1 aromatic rings. The van der Waals surface area contributed by atoms with Gasteiger partial charge in [0.05, 0.1) is 7.11 Å². The lowest BCUT2D eigenvalue weighted by atomic mass is 10.0. The average molecular weight is 472 g/mol. The molecule has 2 N–H and O–H groups in total. The minimum atomic E-state index is -1.15. The van der Waals surface area contributed by atoms with E-state index in [-0.39, 0.29) is 18.8 Å². The van der Waals surface area contributed by atoms with Gasteiger partial charge < -0.3 is 24.6 Å². The Hall–Kier alpha value is -3.55. The Morgan fingerprint density at radius 2 is 1.71 bits per heavy atom. The number of nitrogens with one attached hydrogen (secondary N) is 1. The minimum Gasteiger partial charge on any atom is -0.480 e. The summed E-state index contributed by atoms with van der Waals surface area (Å²) in [5.41, 5.74) is 1.01. The zero-order valence-corrected chi connectivity index (χ0v) is 20.1. The lowest BCUT2D eigenvalue weighted by Crippen LogP contribution is -2.44. The van der Waals surface area contributed by atoms with E-state index in [1.54, 1.807) is 45.0 Å². The number of benzene rings is 1. The first-order valence-corrected chi connectivity index (χ1v) is 11.2. The monoisotopic (exact) mass is 471 g/mol. The second-order valence-electron chi connectivity index (χ2n) is 8.85. The molecule has 1 amide bonds. The van der Waals surface area contributed by atoms with Crippen molar-refractivity contribution in [1.29, 1.82) is 0 Å². The number of carbonyl (C=O) groups is 3. The average Bonchev–Trinajstić information content (AvgIpc) is 2.74. The van der Waals surface area contributed by atoms with Gasteiger partial charge in [-0.25, -0.2) is 9.59 Å². The number of esters is 1. The van der Waals surface area contributed by atoms with Crippen molar-refractivity contribution in [3.63, 3.8) is 0 Å². The molecule has 184 valence electrons. The van der Waals surface area contributed by atoms with Crippen LogP contribution in [0.1, 0.15) is 52.0 Å². The summed E-state index contributed by atoms with van der Waals surface area (Å²) in [6, 6.07) is 5.90. The molecule has 0 unspecified atom stereocenters. The second-order valence-corrected chi connectivity index (χ2v) is 8.85. The number of rotatable bonds is 9. The minimum absolute atomic E-state index is 0.0927. The highest BCUT2D eigenvalue weighted by Crippen LogP contribution is 2.25. The van der Waals surface area contributed by atoms with Gasteiger partial charge in [0.15, 0.2) is 0 Å². The van der Waals surface area contributed by atoms with Crippen molar-refractivity contribution < 1.29 is 33.7 Å². The van der Waals surface area contributed by atoms with Gasteiger partial charge in [-0.15, -0.1) is 0 Å². The summed E-state index contributed by atoms with van der Waals surface area (Å²) < 4.78 is 16.0. The van der Waals surface area contributed by atoms with Crippen molar-refractivity contribution in [2.24, 2.45) is 0 Å². The predicted octanol–water partition coefficient (Wildman–Crippen LogP) is 4.70. The van der Waals surface area contributed by atoms with E-state index in [4.69, 9.17) is 14.2 Å². The molecular weight excluding hydrogens is 438 g/mol. The number of carbonyl (C=O) groups excluding carboxylic acids is 2. The molecule has 8 nitrogen and oxygen atoms in total. The normalized spacial score (nSPS) is 17.6. The molecule has 34 heavy (non-hydrogen) atoms. The molecule has 1 aliphatic carbocycles. The molecule has 0 aromatic heterocycles. The number of hydrogen-bond acceptors (Lipinski definition) is 6. The van der Waals surface area contributed by atoms with Gasteiger partial charge in [-0.2, -0.15) is 0 Å². The van der Waals surface area contributed by atoms with Crippen LogP contribution in [0, 0.1) is 0 Å². The molecule has 0 heterocycles. The maximum absolute atomic E-state index is 12.0. The number of allylic oxidation sites excluding steroid dienone is 5. The molecule has 0 fully saturated rings. The van der Waals surface area contributed by atoms with Crippen LogP contribution >= 0.6 is 0 Å². The van der Waals surface area contributed by atoms with Gasteiger partial charge >= 0.3 is 18.0 Å². The summed E-state index contributed by atoms with van der Waals surface area (Å²) in [4.78, 5) is 35.2. The Kier molecular flexibility index (Phi) is 9.92. The number of hydrogen-bond donors (Lipinski definition) is 2. The number of methoxy groups -OCH3 is 1. The van der Waals surface area contributed by atoms with Gasteiger partial charge in [0.25, 0.3) is 0 Å². The van der Waals surface area contributed by atoms with E-state index >= 15 is 0 Å². The van der Waals surface area contributed by atoms with Crippen LogP contribution in [0.5, 0.6) is 5.75 Å². The Morgan fingerprint density at radius 3 is 2.29 bits per heavy atom. The second kappa shape index (κ2) is 12.6. The van der Waals surface area contributed by atoms with Gasteiger partial charge in [-0.3, -0.25) is 4.79 Å². The van der Waals surface area contributed by atoms with Crippen LogP contribution in [0.2, 0.25) is 0 Å². The number of carboxylic acids is 1. The van der Waals surface area contributed by atoms with Gasteiger partial charge in [0, 0.05) is 19.3 Å². The van der Waals surface area contributed by atoms with Crippen molar-refractivity contribution >= 4 is 18.0 Å². The molecule has 0 bridgehead atoms. The smallest absolute Gasteiger partial charge is 0.408 e. The summed E-state index contributed by atoms with van der Waals surface area (Å²) in [5, 5.41) is 11.9. The molecule has 8 heteroatoms. The van der Waals surface area contributed by atoms with E-state index in [2.05, 4.69) is 5.32 Å². The first kappa shape index (κ1) is 26.7. The molecule has 0 radical (unpaired) electrons. The van der Waals surface area contributed by atoms with Gasteiger partial charge in [0.1, 0.15) is 23.2 Å². The third kappa shape index (κ3) is 9.52. The third-order valence-electron chi connectivity index (χ3n) is 4.90. The summed E-state index contributed by atoms with van der Waals surface area (Å²) in [6.07, 6.45) is 9.30. The highest BCUT2D eigenvalue weighted by molar-refractivity contribution is 5.80. The zero-order chi connectivity index (χ0) is 25.1. The Bertz CT molecular complexity index is 952. The van der Waals surface area contributed by atoms with E-state index < -0.39 is 23.7 Å². The van der Waals surface area contributed by atoms with Crippen LogP contribution in [0.15, 0.2) is 59.9 Å². The van der Waals surface area contributed by atoms with Gasteiger partial charge in [-0.05, 0) is 56.9 Å². The predicted molar refractivity (Wildman–Crippen MR) is 127 cm³/mol. The number of alkyl carbamates (subject to hydrolysis) is 1. The van der Waals surface area contributed by atoms with Crippen molar-refractivity contribution in [3.8, 4) is 5.75 Å². The molecule has 1 aromatic carbocycles. The summed E-state index contributed by atoms with van der Waals surface area (Å²) >= 11 is 0. The number of ether oxygens (including phenoxy) is 3. The van der Waals surface area contributed by atoms with E-state index in [9.17, 15) is 19.5 Å². The summed E-state index contributed by atoms with van der Waals surface area (Å²) in [6.45, 7) is 5.12. The topological polar surface area (TPSA) is 111 Å². The van der Waals surface area contributed by atoms with Crippen molar-refractivity contribution in [2.45, 2.75) is 64.5 Å². The Balaban J connectivity index is 2.09. The fourth-order valence-electron chi connectivity index (χ4n) is 3.23. The van der Waals surface area contributed by atoms with E-state index in [1.807, 2.05) is 24.3 Å². The van der Waals surface area contributed by atoms with Gasteiger partial charge in [-0.1, -0.05) is 36.4 Å². The summed E-state index contributed by atoms with van der Waals surface area (Å²) in [7, 11) is 1.37. The molecule has 2 rings (SSSR count). The molecule has 0 saturated carbocycles. The molecule has 0 saturated heterocycles. The number of carboxylic acid groups (broad SMARTS) is 1. The van der Waals surface area contributed by atoms with Crippen LogP contribution in [0.25, 0.3) is 0 Å². The molecule has 1 atom stereocenters. The van der Waals surface area contributed by atoms with E-state index in [0.29, 0.717) is 25.0 Å². The van der Waals surface area contributed by atoms with E-state index in [1.165, 1.54) is 7.11 Å². The molecule has 0 aliphatic heterocycles. The van der Waals surface area contributed by atoms with Crippen molar-refractivity contribution in [3.05, 3.63) is 65.5 Å². The van der Waals surface area contributed by atoms with Crippen molar-refractivity contribution in [1.82, 2.24) is 5.32 Å². The lowest BCUT2D eigenvalue weighted by molar-refractivity contribution is -0.141. The van der Waals surface area contributed by atoms with Crippen LogP contribution in [-0.4, -0.2) is 41.9 Å². The maximum Gasteiger partial charge on any atom is 0.408 e. The Morgan fingerprint density at radius 1 is 1.06 bits per heavy atom. The van der Waals surface area contributed by atoms with E-state index in [0.717, 1.165) is 16.9 Å². The standard InChI is InChI=1S/C26H33NO7/c1-26(2,3)34-25(31)27-21(24(29)30)17-18-11-14-20(15-12-18)33-22-10-8-6-5-7-9-19(22)13-16-23(28)32-4/h5-8,11-12,14-15,21H,9-10,13,16-17H2,1-4H3,(H,27,31)(H,29,30)/b7-5?,8-6-,22-19-/t21-/m0/s1. The SMILES string of the molecule is COC(=O)CC/C1=C(\Oc2ccc(C[C@H](NC(=O)OC(C)(C)C)C(=O)O)cc2)C/C=C\C=CC1. The fraction of sp³-hybridized carbons (Fsp3) is 0.423. The highest BCUT2D eigenvalue weighted by Gasteiger charge is 2.24. The van der Waals surface area contributed by atoms with Gasteiger partial charge in [0.2, 0.25) is 0 Å². The fourth-order valence-corrected chi connectivity index (χ4v) is 3.23. The largest absolute Gasteiger partial charge is 0.480 e. The molecule has 1 aliphatic rings. The van der Waals surface area contributed by atoms with Crippen LogP contribution in [-0.2, 0) is 25.5 Å². The molecule has 0 spiro atoms. The lowest BCUT2D eigenvalue weighted by Gasteiger charge is -2.22. The quantitative estimate of drug-likeness (QED) is 0.502. The third-order valence-corrected chi connectivity index (χ3v) is 4.90. The van der Waals surface area contributed by atoms with Crippen LogP contribution < -0.4 is 10.1 Å². The van der Waals surface area contributed by atoms with Crippen molar-refractivity contribution in [2.75, 3.05) is 7.11 Å². The van der Waals surface area contributed by atoms with Crippen LogP contribution in [0.3, 0.4) is 0 Å². The number of amides is 1.